The Balaban J connectivity index is 1.15. The van der Waals surface area contributed by atoms with Crippen LogP contribution in [0.4, 0.5) is 13.2 Å². The van der Waals surface area contributed by atoms with Crippen molar-refractivity contribution in [3.63, 3.8) is 0 Å². The number of benzene rings is 1. The summed E-state index contributed by atoms with van der Waals surface area (Å²) in [5, 5.41) is 0. The van der Waals surface area contributed by atoms with Gasteiger partial charge in [0.05, 0.1) is 13.0 Å². The van der Waals surface area contributed by atoms with E-state index < -0.39 is 6.36 Å². The van der Waals surface area contributed by atoms with E-state index in [9.17, 15) is 22.8 Å². The van der Waals surface area contributed by atoms with E-state index in [1.54, 1.807) is 29.3 Å². The monoisotopic (exact) mass is 517 g/mol. The van der Waals surface area contributed by atoms with E-state index in [-0.39, 0.29) is 35.8 Å². The lowest BCUT2D eigenvalue weighted by molar-refractivity contribution is -0.274. The van der Waals surface area contributed by atoms with E-state index in [1.165, 1.54) is 18.2 Å². The lowest BCUT2D eigenvalue weighted by Gasteiger charge is -2.23. The number of ether oxygens (including phenoxy) is 2. The maximum Gasteiger partial charge on any atom is 0.573 e. The fraction of sp³-hybridized carbons (Fsp3) is 0.519. The SMILES string of the molecule is O=C(Cc1cccc(OC(F)(F)F)c1)N1CC[C@@H]2CN(C(=O)c3cccnc3OCC3CC3)C[C@@H]2CC1. The molecule has 3 aliphatic rings. The highest BCUT2D eigenvalue weighted by Crippen LogP contribution is 2.34. The Bertz CT molecular complexity index is 1120. The van der Waals surface area contributed by atoms with Gasteiger partial charge in [-0.2, -0.15) is 0 Å². The molecule has 37 heavy (non-hydrogen) atoms. The Morgan fingerprint density at radius 2 is 1.70 bits per heavy atom. The number of hydrogen-bond acceptors (Lipinski definition) is 5. The molecule has 1 aromatic carbocycles. The second-order valence-electron chi connectivity index (χ2n) is 10.2. The minimum absolute atomic E-state index is 0.0135. The molecule has 1 aromatic heterocycles. The molecule has 2 amide bonds. The van der Waals surface area contributed by atoms with Gasteiger partial charge in [0.2, 0.25) is 11.8 Å². The molecule has 2 saturated heterocycles. The minimum Gasteiger partial charge on any atom is -0.477 e. The average Bonchev–Trinajstić information content (AvgIpc) is 3.63. The fourth-order valence-corrected chi connectivity index (χ4v) is 5.22. The van der Waals surface area contributed by atoms with Crippen LogP contribution in [-0.2, 0) is 11.2 Å². The summed E-state index contributed by atoms with van der Waals surface area (Å²) in [5.41, 5.74) is 0.970. The molecular formula is C27H30F3N3O4. The smallest absolute Gasteiger partial charge is 0.477 e. The molecule has 0 bridgehead atoms. The number of likely N-dealkylation sites (tertiary alicyclic amines) is 2. The first-order valence-corrected chi connectivity index (χ1v) is 12.7. The van der Waals surface area contributed by atoms with Gasteiger partial charge in [0.1, 0.15) is 11.3 Å². The zero-order valence-corrected chi connectivity index (χ0v) is 20.5. The van der Waals surface area contributed by atoms with Gasteiger partial charge in [-0.3, -0.25) is 9.59 Å². The highest BCUT2D eigenvalue weighted by Gasteiger charge is 2.38. The van der Waals surface area contributed by atoms with Gasteiger partial charge >= 0.3 is 6.36 Å². The van der Waals surface area contributed by atoms with Crippen LogP contribution < -0.4 is 9.47 Å². The third-order valence-electron chi connectivity index (χ3n) is 7.40. The van der Waals surface area contributed by atoms with Crippen molar-refractivity contribution in [2.45, 2.75) is 38.5 Å². The Morgan fingerprint density at radius 1 is 0.973 bits per heavy atom. The topological polar surface area (TPSA) is 72.0 Å². The Labute approximate surface area is 213 Å². The van der Waals surface area contributed by atoms with E-state index in [1.807, 2.05) is 4.90 Å². The summed E-state index contributed by atoms with van der Waals surface area (Å²) in [6, 6.07) is 9.06. The second-order valence-corrected chi connectivity index (χ2v) is 10.2. The molecule has 1 aliphatic carbocycles. The number of carbonyl (C=O) groups excluding carboxylic acids is 2. The third kappa shape index (κ3) is 6.53. The van der Waals surface area contributed by atoms with Gasteiger partial charge in [-0.25, -0.2) is 4.98 Å². The minimum atomic E-state index is -4.78. The second kappa shape index (κ2) is 10.6. The van der Waals surface area contributed by atoms with Crippen LogP contribution in [0.25, 0.3) is 0 Å². The van der Waals surface area contributed by atoms with Gasteiger partial charge in [0.15, 0.2) is 0 Å². The van der Waals surface area contributed by atoms with Crippen LogP contribution in [-0.4, -0.2) is 65.7 Å². The highest BCUT2D eigenvalue weighted by atomic mass is 19.4. The first-order valence-electron chi connectivity index (χ1n) is 12.7. The van der Waals surface area contributed by atoms with Crippen molar-refractivity contribution in [2.24, 2.45) is 17.8 Å². The van der Waals surface area contributed by atoms with Crippen LogP contribution >= 0.6 is 0 Å². The van der Waals surface area contributed by atoms with Crippen LogP contribution in [0, 0.1) is 17.8 Å². The molecule has 198 valence electrons. The maximum absolute atomic E-state index is 13.3. The Hall–Kier alpha value is -3.30. The summed E-state index contributed by atoms with van der Waals surface area (Å²) >= 11 is 0. The number of halogens is 3. The molecule has 0 N–H and O–H groups in total. The molecule has 0 unspecified atom stereocenters. The van der Waals surface area contributed by atoms with Crippen molar-refractivity contribution in [1.82, 2.24) is 14.8 Å². The quantitative estimate of drug-likeness (QED) is 0.547. The van der Waals surface area contributed by atoms with Crippen molar-refractivity contribution in [3.05, 3.63) is 53.7 Å². The number of hydrogen-bond donors (Lipinski definition) is 0. The molecule has 7 nitrogen and oxygen atoms in total. The summed E-state index contributed by atoms with van der Waals surface area (Å²) in [4.78, 5) is 34.2. The zero-order valence-electron chi connectivity index (χ0n) is 20.5. The van der Waals surface area contributed by atoms with Crippen molar-refractivity contribution in [2.75, 3.05) is 32.8 Å². The van der Waals surface area contributed by atoms with Crippen LogP contribution in [0.15, 0.2) is 42.6 Å². The zero-order chi connectivity index (χ0) is 26.0. The number of pyridine rings is 1. The van der Waals surface area contributed by atoms with Crippen LogP contribution in [0.3, 0.4) is 0 Å². The van der Waals surface area contributed by atoms with Crippen molar-refractivity contribution < 1.29 is 32.2 Å². The normalized spacial score (nSPS) is 21.8. The molecule has 0 radical (unpaired) electrons. The Morgan fingerprint density at radius 3 is 2.38 bits per heavy atom. The number of aromatic nitrogens is 1. The van der Waals surface area contributed by atoms with E-state index in [0.29, 0.717) is 55.7 Å². The van der Waals surface area contributed by atoms with Crippen LogP contribution in [0.5, 0.6) is 11.6 Å². The molecule has 2 aromatic rings. The molecule has 10 heteroatoms. The maximum atomic E-state index is 13.3. The standard InChI is InChI=1S/C27H30F3N3O4/c28-27(29,30)37-22-4-1-3-19(13-22)14-24(34)32-11-8-20-15-33(16-21(20)9-12-32)26(35)23-5-2-10-31-25(23)36-17-18-6-7-18/h1-5,10,13,18,20-21H,6-9,11-12,14-17H2/t20-,21+. The largest absolute Gasteiger partial charge is 0.573 e. The van der Waals surface area contributed by atoms with Crippen molar-refractivity contribution in [1.29, 1.82) is 0 Å². The van der Waals surface area contributed by atoms with Gasteiger partial charge in [-0.15, -0.1) is 13.2 Å². The van der Waals surface area contributed by atoms with E-state index in [4.69, 9.17) is 4.74 Å². The molecular weight excluding hydrogens is 487 g/mol. The molecule has 2 aliphatic heterocycles. The number of amides is 2. The van der Waals surface area contributed by atoms with Crippen LogP contribution in [0.1, 0.15) is 41.6 Å². The predicted molar refractivity (Wildman–Crippen MR) is 128 cm³/mol. The van der Waals surface area contributed by atoms with Gasteiger partial charge in [-0.1, -0.05) is 12.1 Å². The van der Waals surface area contributed by atoms with E-state index >= 15 is 0 Å². The molecule has 1 saturated carbocycles. The molecule has 0 spiro atoms. The van der Waals surface area contributed by atoms with Gasteiger partial charge in [0, 0.05) is 32.4 Å². The Kier molecular flexibility index (Phi) is 7.26. The number of carbonyl (C=O) groups is 2. The fourth-order valence-electron chi connectivity index (χ4n) is 5.22. The predicted octanol–water partition coefficient (Wildman–Crippen LogP) is 4.32. The average molecular weight is 518 g/mol. The first-order chi connectivity index (χ1) is 17.7. The summed E-state index contributed by atoms with van der Waals surface area (Å²) < 4.78 is 47.3. The summed E-state index contributed by atoms with van der Waals surface area (Å²) in [7, 11) is 0. The lowest BCUT2D eigenvalue weighted by atomic mass is 9.92. The number of rotatable bonds is 7. The number of fused-ring (bicyclic) bond motifs is 1. The van der Waals surface area contributed by atoms with Crippen LogP contribution in [0.2, 0.25) is 0 Å². The number of nitrogens with zero attached hydrogens (tertiary/aromatic N) is 3. The number of alkyl halides is 3. The van der Waals surface area contributed by atoms with E-state index in [0.717, 1.165) is 25.7 Å². The van der Waals surface area contributed by atoms with E-state index in [2.05, 4.69) is 9.72 Å². The van der Waals surface area contributed by atoms with Gasteiger partial charge < -0.3 is 19.3 Å². The highest BCUT2D eigenvalue weighted by molar-refractivity contribution is 5.96. The first kappa shape index (κ1) is 25.4. The third-order valence-corrected chi connectivity index (χ3v) is 7.40. The molecule has 3 heterocycles. The van der Waals surface area contributed by atoms with Gasteiger partial charge in [0.25, 0.3) is 5.91 Å². The summed E-state index contributed by atoms with van der Waals surface area (Å²) in [5.74, 6) is 1.02. The molecule has 3 fully saturated rings. The van der Waals surface area contributed by atoms with Crippen molar-refractivity contribution in [3.8, 4) is 11.6 Å². The summed E-state index contributed by atoms with van der Waals surface area (Å²) in [6.45, 7) is 2.96. The summed E-state index contributed by atoms with van der Waals surface area (Å²) in [6.07, 6.45) is 0.736. The molecule has 2 atom stereocenters. The molecule has 5 rings (SSSR count). The van der Waals surface area contributed by atoms with Gasteiger partial charge in [-0.05, 0) is 73.3 Å². The lowest BCUT2D eigenvalue weighted by Crippen LogP contribution is -2.35. The van der Waals surface area contributed by atoms with Crippen molar-refractivity contribution >= 4 is 11.8 Å².